The van der Waals surface area contributed by atoms with Crippen LogP contribution in [-0.2, 0) is 16.1 Å². The first-order valence-corrected chi connectivity index (χ1v) is 9.70. The molecule has 1 aliphatic heterocycles. The molecule has 0 atom stereocenters. The molecule has 1 amide bonds. The first-order chi connectivity index (χ1) is 13.1. The Bertz CT molecular complexity index is 782. The maximum atomic E-state index is 12.4. The lowest BCUT2D eigenvalue weighted by Gasteiger charge is -2.30. The number of thiophene rings is 1. The largest absolute Gasteiger partial charge is 0.497 e. The molecule has 0 spiro atoms. The molecule has 1 saturated heterocycles. The number of amides is 1. The Kier molecular flexibility index (Phi) is 6.34. The van der Waals surface area contributed by atoms with Crippen LogP contribution in [0.2, 0.25) is 0 Å². The van der Waals surface area contributed by atoms with Gasteiger partial charge in [-0.25, -0.2) is 0 Å². The fourth-order valence-electron chi connectivity index (χ4n) is 3.14. The van der Waals surface area contributed by atoms with Crippen molar-refractivity contribution in [3.63, 3.8) is 0 Å². The molecular formula is C20H23NO5S. The minimum atomic E-state index is -0.233. The minimum absolute atomic E-state index is 0.0398. The number of esters is 1. The number of hydrogen-bond acceptors (Lipinski definition) is 6. The van der Waals surface area contributed by atoms with Gasteiger partial charge in [0.2, 0.25) is 0 Å². The fourth-order valence-corrected chi connectivity index (χ4v) is 3.83. The van der Waals surface area contributed by atoms with Gasteiger partial charge < -0.3 is 19.1 Å². The maximum absolute atomic E-state index is 12.4. The van der Waals surface area contributed by atoms with Crippen molar-refractivity contribution in [2.24, 2.45) is 5.92 Å². The Balaban J connectivity index is 1.52. The second-order valence-corrected chi connectivity index (χ2v) is 7.28. The Morgan fingerprint density at radius 1 is 1.15 bits per heavy atom. The second-order valence-electron chi connectivity index (χ2n) is 6.33. The monoisotopic (exact) mass is 389 g/mol. The summed E-state index contributed by atoms with van der Waals surface area (Å²) in [4.78, 5) is 27.4. The number of benzene rings is 1. The number of methoxy groups -OCH3 is 2. The van der Waals surface area contributed by atoms with E-state index in [1.54, 1.807) is 37.3 Å². The van der Waals surface area contributed by atoms with Crippen molar-refractivity contribution >= 4 is 23.2 Å². The summed E-state index contributed by atoms with van der Waals surface area (Å²) in [5.41, 5.74) is 0.760. The van der Waals surface area contributed by atoms with Crippen molar-refractivity contribution in [1.29, 1.82) is 0 Å². The van der Waals surface area contributed by atoms with Crippen LogP contribution >= 0.6 is 11.3 Å². The maximum Gasteiger partial charge on any atom is 0.309 e. The van der Waals surface area contributed by atoms with Crippen molar-refractivity contribution < 1.29 is 23.8 Å². The van der Waals surface area contributed by atoms with Crippen LogP contribution in [0, 0.1) is 5.92 Å². The van der Waals surface area contributed by atoms with Crippen LogP contribution in [0.3, 0.4) is 0 Å². The van der Waals surface area contributed by atoms with Gasteiger partial charge in [-0.15, -0.1) is 11.3 Å². The summed E-state index contributed by atoms with van der Waals surface area (Å²) in [6.45, 7) is 1.27. The van der Waals surface area contributed by atoms with Gasteiger partial charge in [0.15, 0.2) is 0 Å². The predicted molar refractivity (Wildman–Crippen MR) is 102 cm³/mol. The number of ether oxygens (including phenoxy) is 3. The number of carbonyl (C=O) groups excluding carboxylic acids is 2. The molecule has 1 aromatic carbocycles. The van der Waals surface area contributed by atoms with E-state index in [4.69, 9.17) is 14.2 Å². The van der Waals surface area contributed by atoms with E-state index in [-0.39, 0.29) is 24.4 Å². The van der Waals surface area contributed by atoms with Gasteiger partial charge in [-0.3, -0.25) is 9.59 Å². The summed E-state index contributed by atoms with van der Waals surface area (Å²) >= 11 is 1.44. The first kappa shape index (κ1) is 19.2. The van der Waals surface area contributed by atoms with Gasteiger partial charge in [0.25, 0.3) is 5.91 Å². The molecule has 2 aromatic rings. The molecule has 0 aliphatic carbocycles. The Labute approximate surface area is 162 Å². The molecule has 0 N–H and O–H groups in total. The van der Waals surface area contributed by atoms with Crippen LogP contribution in [0.25, 0.3) is 0 Å². The van der Waals surface area contributed by atoms with Gasteiger partial charge in [-0.05, 0) is 42.5 Å². The molecule has 1 aliphatic rings. The third-order valence-electron chi connectivity index (χ3n) is 4.70. The molecule has 144 valence electrons. The fraction of sp³-hybridized carbons (Fsp3) is 0.400. The summed E-state index contributed by atoms with van der Waals surface area (Å²) in [6, 6.07) is 9.08. The van der Waals surface area contributed by atoms with E-state index < -0.39 is 0 Å². The summed E-state index contributed by atoms with van der Waals surface area (Å²) in [6.07, 6.45) is 1.23. The van der Waals surface area contributed by atoms with Crippen LogP contribution in [0.4, 0.5) is 0 Å². The van der Waals surface area contributed by atoms with Gasteiger partial charge in [0, 0.05) is 18.7 Å². The minimum Gasteiger partial charge on any atom is -0.497 e. The third-order valence-corrected chi connectivity index (χ3v) is 5.56. The topological polar surface area (TPSA) is 65.1 Å². The molecule has 0 saturated carbocycles. The van der Waals surface area contributed by atoms with Gasteiger partial charge in [-0.2, -0.15) is 0 Å². The highest BCUT2D eigenvalue weighted by atomic mass is 32.1. The van der Waals surface area contributed by atoms with Gasteiger partial charge in [0.1, 0.15) is 18.1 Å². The normalized spacial score (nSPS) is 14.7. The standard InChI is InChI=1S/C20H23NO5S/c1-24-16-5-6-17(25-2)15(12-16)13-26-20(23)14-7-9-21(10-8-14)19(22)18-4-3-11-27-18/h3-6,11-12,14H,7-10,13H2,1-2H3. The van der Waals surface area contributed by atoms with Crippen molar-refractivity contribution in [3.05, 3.63) is 46.2 Å². The summed E-state index contributed by atoms with van der Waals surface area (Å²) in [5.74, 6) is 0.956. The second kappa shape index (κ2) is 8.90. The number of rotatable bonds is 6. The smallest absolute Gasteiger partial charge is 0.309 e. The molecule has 0 radical (unpaired) electrons. The zero-order chi connectivity index (χ0) is 19.2. The average molecular weight is 389 g/mol. The third kappa shape index (κ3) is 4.60. The number of likely N-dealkylation sites (tertiary alicyclic amines) is 1. The summed E-state index contributed by atoms with van der Waals surface area (Å²) in [5, 5.41) is 1.89. The summed E-state index contributed by atoms with van der Waals surface area (Å²) in [7, 11) is 3.16. The van der Waals surface area contributed by atoms with Crippen molar-refractivity contribution in [3.8, 4) is 11.5 Å². The molecule has 0 unspecified atom stereocenters. The Morgan fingerprint density at radius 2 is 1.93 bits per heavy atom. The lowest BCUT2D eigenvalue weighted by molar-refractivity contribution is -0.151. The Hall–Kier alpha value is -2.54. The molecule has 0 bridgehead atoms. The van der Waals surface area contributed by atoms with E-state index in [0.717, 1.165) is 10.4 Å². The highest BCUT2D eigenvalue weighted by Crippen LogP contribution is 2.26. The Morgan fingerprint density at radius 3 is 2.56 bits per heavy atom. The van der Waals surface area contributed by atoms with Crippen LogP contribution in [-0.4, -0.2) is 44.1 Å². The van der Waals surface area contributed by atoms with E-state index in [9.17, 15) is 9.59 Å². The van der Waals surface area contributed by atoms with Crippen LogP contribution in [0.1, 0.15) is 28.1 Å². The zero-order valence-corrected chi connectivity index (χ0v) is 16.3. The molecule has 27 heavy (non-hydrogen) atoms. The average Bonchev–Trinajstić information content (AvgIpc) is 3.26. The SMILES string of the molecule is COc1ccc(OC)c(COC(=O)C2CCN(C(=O)c3cccs3)CC2)c1. The van der Waals surface area contributed by atoms with E-state index in [2.05, 4.69) is 0 Å². The van der Waals surface area contributed by atoms with Crippen LogP contribution in [0.15, 0.2) is 35.7 Å². The molecular weight excluding hydrogens is 366 g/mol. The zero-order valence-electron chi connectivity index (χ0n) is 15.5. The number of piperidine rings is 1. The van der Waals surface area contributed by atoms with E-state index >= 15 is 0 Å². The van der Waals surface area contributed by atoms with Crippen LogP contribution < -0.4 is 9.47 Å². The van der Waals surface area contributed by atoms with Gasteiger partial charge in [-0.1, -0.05) is 6.07 Å². The van der Waals surface area contributed by atoms with E-state index in [1.165, 1.54) is 11.3 Å². The molecule has 1 fully saturated rings. The van der Waals surface area contributed by atoms with Crippen molar-refractivity contribution in [2.75, 3.05) is 27.3 Å². The molecule has 2 heterocycles. The molecule has 6 nitrogen and oxygen atoms in total. The summed E-state index contributed by atoms with van der Waals surface area (Å²) < 4.78 is 16.0. The lowest BCUT2D eigenvalue weighted by Crippen LogP contribution is -2.40. The van der Waals surface area contributed by atoms with E-state index in [1.807, 2.05) is 17.5 Å². The predicted octanol–water partition coefficient (Wildman–Crippen LogP) is 3.36. The van der Waals surface area contributed by atoms with Crippen LogP contribution in [0.5, 0.6) is 11.5 Å². The molecule has 7 heteroatoms. The molecule has 1 aromatic heterocycles. The van der Waals surface area contributed by atoms with Gasteiger partial charge in [0.05, 0.1) is 25.0 Å². The van der Waals surface area contributed by atoms with Gasteiger partial charge >= 0.3 is 5.97 Å². The first-order valence-electron chi connectivity index (χ1n) is 8.82. The highest BCUT2D eigenvalue weighted by molar-refractivity contribution is 7.12. The van der Waals surface area contributed by atoms with Crippen molar-refractivity contribution in [2.45, 2.75) is 19.4 Å². The number of carbonyl (C=O) groups is 2. The number of nitrogens with zero attached hydrogens (tertiary/aromatic N) is 1. The quantitative estimate of drug-likeness (QED) is 0.709. The van der Waals surface area contributed by atoms with E-state index in [0.29, 0.717) is 37.4 Å². The number of hydrogen-bond donors (Lipinski definition) is 0. The lowest BCUT2D eigenvalue weighted by atomic mass is 9.97. The highest BCUT2D eigenvalue weighted by Gasteiger charge is 2.29. The molecule has 3 rings (SSSR count). The van der Waals surface area contributed by atoms with Crippen molar-refractivity contribution in [1.82, 2.24) is 4.90 Å².